The van der Waals surface area contributed by atoms with Crippen molar-refractivity contribution in [3.63, 3.8) is 0 Å². The van der Waals surface area contributed by atoms with E-state index >= 15 is 0 Å². The normalized spacial score (nSPS) is 21.0. The zero-order chi connectivity index (χ0) is 15.6. The Balaban J connectivity index is 1.77. The molecule has 1 aromatic heterocycles. The van der Waals surface area contributed by atoms with E-state index in [9.17, 15) is 13.5 Å². The van der Waals surface area contributed by atoms with Gasteiger partial charge >= 0.3 is 0 Å². The van der Waals surface area contributed by atoms with E-state index in [4.69, 9.17) is 0 Å². The highest BCUT2D eigenvalue weighted by Gasteiger charge is 2.37. The molecule has 3 rings (SSSR count). The van der Waals surface area contributed by atoms with Gasteiger partial charge in [-0.25, -0.2) is 13.4 Å². The Bertz CT molecular complexity index is 701. The van der Waals surface area contributed by atoms with E-state index in [1.54, 1.807) is 0 Å². The van der Waals surface area contributed by atoms with E-state index in [1.807, 2.05) is 30.3 Å². The summed E-state index contributed by atoms with van der Waals surface area (Å²) < 4.78 is 26.7. The zero-order valence-corrected chi connectivity index (χ0v) is 12.9. The molecule has 2 atom stereocenters. The van der Waals surface area contributed by atoms with Crippen LogP contribution in [0.3, 0.4) is 0 Å². The lowest BCUT2D eigenvalue weighted by Gasteiger charge is -2.25. The van der Waals surface area contributed by atoms with Crippen molar-refractivity contribution in [3.05, 3.63) is 48.4 Å². The number of aromatic amines is 1. The van der Waals surface area contributed by atoms with Crippen LogP contribution in [0.4, 0.5) is 0 Å². The summed E-state index contributed by atoms with van der Waals surface area (Å²) in [7, 11) is -3.57. The van der Waals surface area contributed by atoms with Crippen LogP contribution >= 0.6 is 0 Å². The highest BCUT2D eigenvalue weighted by molar-refractivity contribution is 7.89. The van der Waals surface area contributed by atoms with Gasteiger partial charge in [0.15, 0.2) is 5.03 Å². The van der Waals surface area contributed by atoms with Crippen LogP contribution in [0, 0.1) is 0 Å². The van der Waals surface area contributed by atoms with E-state index in [-0.39, 0.29) is 11.1 Å². The maximum atomic E-state index is 12.6. The molecule has 22 heavy (non-hydrogen) atoms. The smallest absolute Gasteiger partial charge is 0.260 e. The maximum Gasteiger partial charge on any atom is 0.260 e. The summed E-state index contributed by atoms with van der Waals surface area (Å²) in [6, 6.07) is 9.14. The number of benzene rings is 1. The number of H-pyrrole nitrogens is 1. The fourth-order valence-corrected chi connectivity index (χ4v) is 4.54. The van der Waals surface area contributed by atoms with Crippen molar-refractivity contribution in [1.82, 2.24) is 14.3 Å². The third kappa shape index (κ3) is 2.92. The third-order valence-corrected chi connectivity index (χ3v) is 5.94. The molecule has 0 bridgehead atoms. The van der Waals surface area contributed by atoms with Crippen molar-refractivity contribution < 1.29 is 13.5 Å². The third-order valence-electron chi connectivity index (χ3n) is 4.06. The predicted octanol–water partition coefficient (Wildman–Crippen LogP) is 1.69. The Morgan fingerprint density at radius 2 is 2.14 bits per heavy atom. The number of imidazole rings is 1. The first kappa shape index (κ1) is 15.2. The standard InChI is InChI=1S/C15H19N3O3S/c19-14(12-5-2-1-3-6-12)9-13-7-4-8-18(13)22(20,21)15-10-16-11-17-15/h1-3,5-6,10-11,13-14,19H,4,7-9H2,(H,16,17)/t13-,14+/m0/s1. The summed E-state index contributed by atoms with van der Waals surface area (Å²) in [4.78, 5) is 6.44. The Morgan fingerprint density at radius 3 is 2.82 bits per heavy atom. The lowest BCUT2D eigenvalue weighted by molar-refractivity contribution is 0.142. The molecule has 0 aliphatic carbocycles. The first-order chi connectivity index (χ1) is 10.6. The molecule has 118 valence electrons. The molecule has 1 saturated heterocycles. The van der Waals surface area contributed by atoms with Gasteiger partial charge in [0, 0.05) is 12.6 Å². The molecule has 1 aliphatic rings. The molecular weight excluding hydrogens is 302 g/mol. The van der Waals surface area contributed by atoms with E-state index in [1.165, 1.54) is 16.8 Å². The molecule has 0 radical (unpaired) electrons. The number of sulfonamides is 1. The molecule has 6 nitrogen and oxygen atoms in total. The van der Waals surface area contributed by atoms with Crippen molar-refractivity contribution >= 4 is 10.0 Å². The van der Waals surface area contributed by atoms with Gasteiger partial charge in [-0.15, -0.1) is 0 Å². The van der Waals surface area contributed by atoms with Crippen LogP contribution in [0.1, 0.15) is 30.9 Å². The predicted molar refractivity (Wildman–Crippen MR) is 81.5 cm³/mol. The van der Waals surface area contributed by atoms with Crippen molar-refractivity contribution in [2.75, 3.05) is 6.54 Å². The fourth-order valence-electron chi connectivity index (χ4n) is 2.94. The molecule has 0 amide bonds. The molecule has 7 heteroatoms. The van der Waals surface area contributed by atoms with Crippen LogP contribution in [0.2, 0.25) is 0 Å². The Morgan fingerprint density at radius 1 is 1.36 bits per heavy atom. The molecule has 0 spiro atoms. The molecule has 1 aromatic carbocycles. The summed E-state index contributed by atoms with van der Waals surface area (Å²) in [5.41, 5.74) is 0.813. The number of aliphatic hydroxyl groups excluding tert-OH is 1. The van der Waals surface area contributed by atoms with Crippen molar-refractivity contribution in [3.8, 4) is 0 Å². The molecule has 2 aromatic rings. The average Bonchev–Trinajstić information content (AvgIpc) is 3.20. The quantitative estimate of drug-likeness (QED) is 0.877. The van der Waals surface area contributed by atoms with Crippen LogP contribution in [-0.4, -0.2) is 40.4 Å². The van der Waals surface area contributed by atoms with Crippen LogP contribution in [0.5, 0.6) is 0 Å². The molecule has 2 heterocycles. The average molecular weight is 321 g/mol. The van der Waals surface area contributed by atoms with Crippen LogP contribution in [0.15, 0.2) is 47.9 Å². The molecule has 2 N–H and O–H groups in total. The second kappa shape index (κ2) is 6.20. The summed E-state index contributed by atoms with van der Waals surface area (Å²) >= 11 is 0. The SMILES string of the molecule is O=S(=O)(c1cnc[nH]1)N1CCC[C@H]1C[C@@H](O)c1ccccc1. The monoisotopic (exact) mass is 321 g/mol. The number of aliphatic hydroxyl groups is 1. The largest absolute Gasteiger partial charge is 0.388 e. The first-order valence-corrected chi connectivity index (χ1v) is 8.76. The minimum atomic E-state index is -3.57. The molecule has 1 fully saturated rings. The van der Waals surface area contributed by atoms with E-state index in [0.29, 0.717) is 13.0 Å². The highest BCUT2D eigenvalue weighted by Crippen LogP contribution is 2.31. The molecule has 0 saturated carbocycles. The second-order valence-electron chi connectivity index (χ2n) is 5.49. The van der Waals surface area contributed by atoms with Gasteiger partial charge in [-0.1, -0.05) is 30.3 Å². The molecule has 0 unspecified atom stereocenters. The van der Waals surface area contributed by atoms with Crippen LogP contribution < -0.4 is 0 Å². The lowest BCUT2D eigenvalue weighted by atomic mass is 10.0. The van der Waals surface area contributed by atoms with E-state index < -0.39 is 16.1 Å². The van der Waals surface area contributed by atoms with Gasteiger partial charge in [-0.3, -0.25) is 0 Å². The number of hydrogen-bond acceptors (Lipinski definition) is 4. The maximum absolute atomic E-state index is 12.6. The molecular formula is C15H19N3O3S. The summed E-state index contributed by atoms with van der Waals surface area (Å²) in [5.74, 6) is 0. The van der Waals surface area contributed by atoms with E-state index in [2.05, 4.69) is 9.97 Å². The van der Waals surface area contributed by atoms with Gasteiger partial charge in [0.25, 0.3) is 10.0 Å². The van der Waals surface area contributed by atoms with Crippen molar-refractivity contribution in [1.29, 1.82) is 0 Å². The van der Waals surface area contributed by atoms with Gasteiger partial charge in [0.05, 0.1) is 18.6 Å². The van der Waals surface area contributed by atoms with Crippen LogP contribution in [-0.2, 0) is 10.0 Å². The Labute approximate surface area is 129 Å². The van der Waals surface area contributed by atoms with E-state index in [0.717, 1.165) is 18.4 Å². The Hall–Kier alpha value is -1.70. The topological polar surface area (TPSA) is 86.3 Å². The molecule has 1 aliphatic heterocycles. The van der Waals surface area contributed by atoms with Crippen molar-refractivity contribution in [2.24, 2.45) is 0 Å². The van der Waals surface area contributed by atoms with Gasteiger partial charge in [-0.05, 0) is 24.8 Å². The second-order valence-corrected chi connectivity index (χ2v) is 7.35. The Kier molecular flexibility index (Phi) is 4.28. The van der Waals surface area contributed by atoms with Gasteiger partial charge in [-0.2, -0.15) is 4.31 Å². The van der Waals surface area contributed by atoms with Gasteiger partial charge in [0.1, 0.15) is 0 Å². The summed E-state index contributed by atoms with van der Waals surface area (Å²) in [6.07, 6.45) is 3.98. The zero-order valence-electron chi connectivity index (χ0n) is 12.1. The number of hydrogen-bond donors (Lipinski definition) is 2. The lowest BCUT2D eigenvalue weighted by Crippen LogP contribution is -2.36. The minimum Gasteiger partial charge on any atom is -0.388 e. The first-order valence-electron chi connectivity index (χ1n) is 7.32. The minimum absolute atomic E-state index is 0.105. The number of nitrogens with zero attached hydrogens (tertiary/aromatic N) is 2. The van der Waals surface area contributed by atoms with Crippen LogP contribution in [0.25, 0.3) is 0 Å². The summed E-state index contributed by atoms with van der Waals surface area (Å²) in [5, 5.41) is 10.5. The van der Waals surface area contributed by atoms with Gasteiger partial charge < -0.3 is 10.1 Å². The summed E-state index contributed by atoms with van der Waals surface area (Å²) in [6.45, 7) is 0.480. The number of aromatic nitrogens is 2. The van der Waals surface area contributed by atoms with Crippen molar-refractivity contribution in [2.45, 2.75) is 36.4 Å². The fraction of sp³-hybridized carbons (Fsp3) is 0.400. The highest BCUT2D eigenvalue weighted by atomic mass is 32.2. The number of nitrogens with one attached hydrogen (secondary N) is 1. The number of rotatable bonds is 5. The van der Waals surface area contributed by atoms with Gasteiger partial charge in [0.2, 0.25) is 0 Å².